The van der Waals surface area contributed by atoms with Crippen LogP contribution in [0, 0.1) is 5.82 Å². The van der Waals surface area contributed by atoms with Gasteiger partial charge in [0.15, 0.2) is 5.16 Å². The Labute approximate surface area is 202 Å². The normalized spacial score (nSPS) is 13.6. The summed E-state index contributed by atoms with van der Waals surface area (Å²) in [7, 11) is 0. The van der Waals surface area contributed by atoms with Gasteiger partial charge in [0, 0.05) is 16.9 Å². The van der Waals surface area contributed by atoms with E-state index in [1.165, 1.54) is 40.8 Å². The largest absolute Gasteiger partial charge is 0.309 e. The number of thiophene rings is 1. The van der Waals surface area contributed by atoms with Gasteiger partial charge in [0.1, 0.15) is 22.3 Å². The lowest BCUT2D eigenvalue weighted by Gasteiger charge is -2.10. The molecule has 170 valence electrons. The molecule has 1 saturated carbocycles. The highest BCUT2D eigenvalue weighted by Crippen LogP contribution is 2.40. The van der Waals surface area contributed by atoms with Crippen molar-refractivity contribution in [3.63, 3.8) is 0 Å². The second-order valence-electron chi connectivity index (χ2n) is 8.32. The Morgan fingerprint density at radius 2 is 1.88 bits per heavy atom. The van der Waals surface area contributed by atoms with E-state index in [9.17, 15) is 9.18 Å². The van der Waals surface area contributed by atoms with E-state index in [0.29, 0.717) is 27.7 Å². The molecule has 6 nitrogen and oxygen atoms in total. The van der Waals surface area contributed by atoms with Gasteiger partial charge in [-0.3, -0.25) is 4.79 Å². The Hall–Kier alpha value is -3.30. The molecule has 1 aliphatic rings. The van der Waals surface area contributed by atoms with E-state index in [4.69, 9.17) is 4.98 Å². The minimum Gasteiger partial charge on any atom is -0.309 e. The topological polar surface area (TPSA) is 76.5 Å². The highest BCUT2D eigenvalue weighted by atomic mass is 32.2. The minimum absolute atomic E-state index is 0.189. The molecular formula is C25H20FN5OS2. The summed E-state index contributed by atoms with van der Waals surface area (Å²) in [5.74, 6) is 2.28. The molecule has 0 unspecified atom stereocenters. The number of thioether (sulfide) groups is 1. The molecule has 0 spiro atoms. The van der Waals surface area contributed by atoms with Gasteiger partial charge in [0.05, 0.1) is 17.7 Å². The third-order valence-corrected chi connectivity index (χ3v) is 7.71. The van der Waals surface area contributed by atoms with Gasteiger partial charge in [-0.1, -0.05) is 54.2 Å². The Kier molecular flexibility index (Phi) is 5.50. The molecule has 0 radical (unpaired) electrons. The van der Waals surface area contributed by atoms with Gasteiger partial charge in [-0.15, -0.1) is 21.5 Å². The molecule has 0 amide bonds. The predicted octanol–water partition coefficient (Wildman–Crippen LogP) is 5.60. The molecule has 0 aliphatic heterocycles. The molecule has 1 aliphatic carbocycles. The zero-order valence-electron chi connectivity index (χ0n) is 18.1. The van der Waals surface area contributed by atoms with Crippen LogP contribution in [0.1, 0.15) is 36.0 Å². The fourth-order valence-electron chi connectivity index (χ4n) is 4.00. The van der Waals surface area contributed by atoms with Crippen molar-refractivity contribution in [1.29, 1.82) is 0 Å². The second kappa shape index (κ2) is 8.81. The quantitative estimate of drug-likeness (QED) is 0.301. The number of hydrogen-bond acceptors (Lipinski definition) is 6. The highest BCUT2D eigenvalue weighted by Gasteiger charge is 2.30. The van der Waals surface area contributed by atoms with Gasteiger partial charge in [-0.2, -0.15) is 0 Å². The first-order chi connectivity index (χ1) is 16.7. The van der Waals surface area contributed by atoms with Crippen molar-refractivity contribution in [2.24, 2.45) is 0 Å². The smallest absolute Gasteiger partial charge is 0.260 e. The first kappa shape index (κ1) is 21.2. The summed E-state index contributed by atoms with van der Waals surface area (Å²) in [5, 5.41) is 12.2. The highest BCUT2D eigenvalue weighted by molar-refractivity contribution is 7.98. The average Bonchev–Trinajstić information content (AvgIpc) is 3.48. The number of aromatic nitrogens is 5. The van der Waals surface area contributed by atoms with Gasteiger partial charge in [0.25, 0.3) is 5.56 Å². The van der Waals surface area contributed by atoms with Crippen LogP contribution in [0.4, 0.5) is 4.39 Å². The average molecular weight is 490 g/mol. The maximum absolute atomic E-state index is 13.3. The lowest BCUT2D eigenvalue weighted by molar-refractivity contribution is 0.628. The summed E-state index contributed by atoms with van der Waals surface area (Å²) in [6.45, 7) is 0.719. The van der Waals surface area contributed by atoms with Crippen LogP contribution in [-0.2, 0) is 12.3 Å². The van der Waals surface area contributed by atoms with Crippen LogP contribution in [-0.4, -0.2) is 24.7 Å². The minimum atomic E-state index is -0.306. The third kappa shape index (κ3) is 4.17. The number of halogens is 1. The molecule has 34 heavy (non-hydrogen) atoms. The summed E-state index contributed by atoms with van der Waals surface area (Å²) in [4.78, 5) is 21.2. The predicted molar refractivity (Wildman–Crippen MR) is 133 cm³/mol. The fraction of sp³-hybridized carbons (Fsp3) is 0.200. The fourth-order valence-corrected chi connectivity index (χ4v) is 5.78. The lowest BCUT2D eigenvalue weighted by Crippen LogP contribution is -2.11. The van der Waals surface area contributed by atoms with Crippen molar-refractivity contribution >= 4 is 33.3 Å². The van der Waals surface area contributed by atoms with Crippen LogP contribution in [0.15, 0.2) is 69.9 Å². The molecule has 5 aromatic rings. The molecule has 3 heterocycles. The number of rotatable bonds is 7. The molecule has 0 atom stereocenters. The van der Waals surface area contributed by atoms with Crippen molar-refractivity contribution in [3.8, 4) is 11.1 Å². The summed E-state index contributed by atoms with van der Waals surface area (Å²) in [5.41, 5.74) is 2.57. The monoisotopic (exact) mass is 489 g/mol. The third-order valence-electron chi connectivity index (χ3n) is 5.86. The van der Waals surface area contributed by atoms with Gasteiger partial charge in [-0.05, 0) is 36.1 Å². The van der Waals surface area contributed by atoms with Crippen molar-refractivity contribution in [1.82, 2.24) is 24.7 Å². The number of fused-ring (bicyclic) bond motifs is 1. The van der Waals surface area contributed by atoms with Crippen LogP contribution in [0.5, 0.6) is 0 Å². The molecule has 1 N–H and O–H groups in total. The van der Waals surface area contributed by atoms with E-state index >= 15 is 0 Å². The van der Waals surface area contributed by atoms with Crippen molar-refractivity contribution in [2.45, 2.75) is 36.2 Å². The Bertz CT molecular complexity index is 1520. The van der Waals surface area contributed by atoms with E-state index in [-0.39, 0.29) is 11.4 Å². The molecule has 0 bridgehead atoms. The number of nitrogens with one attached hydrogen (secondary N) is 1. The first-order valence-electron chi connectivity index (χ1n) is 11.0. The number of benzene rings is 2. The van der Waals surface area contributed by atoms with Crippen LogP contribution in [0.3, 0.4) is 0 Å². The van der Waals surface area contributed by atoms with E-state index in [0.717, 1.165) is 41.5 Å². The van der Waals surface area contributed by atoms with Gasteiger partial charge < -0.3 is 9.55 Å². The zero-order chi connectivity index (χ0) is 23.1. The summed E-state index contributed by atoms with van der Waals surface area (Å²) in [6.07, 6.45) is 2.30. The molecular weight excluding hydrogens is 469 g/mol. The molecule has 3 aromatic heterocycles. The Balaban J connectivity index is 1.27. The molecule has 2 aromatic carbocycles. The molecule has 6 rings (SSSR count). The second-order valence-corrected chi connectivity index (χ2v) is 10.1. The van der Waals surface area contributed by atoms with Gasteiger partial charge in [0.2, 0.25) is 0 Å². The molecule has 1 fully saturated rings. The maximum atomic E-state index is 13.3. The van der Waals surface area contributed by atoms with Crippen LogP contribution >= 0.6 is 23.1 Å². The SMILES string of the molecule is O=c1[nH]c(CSc2nnc(C3CC3)n2Cc2ccccc2)nc2scc(-c3ccc(F)cc3)c12. The Morgan fingerprint density at radius 1 is 1.09 bits per heavy atom. The van der Waals surface area contributed by atoms with E-state index in [2.05, 4.69) is 31.9 Å². The Morgan fingerprint density at radius 3 is 2.65 bits per heavy atom. The number of H-pyrrole nitrogens is 1. The van der Waals surface area contributed by atoms with Crippen molar-refractivity contribution in [3.05, 3.63) is 93.4 Å². The standard InChI is InChI=1S/C25H20FN5OS2/c26-18-10-8-16(9-11-18)19-13-33-24-21(19)23(32)27-20(28-24)14-34-25-30-29-22(17-6-7-17)31(25)12-15-4-2-1-3-5-15/h1-5,8-11,13,17H,6-7,12,14H2,(H,27,28,32). The van der Waals surface area contributed by atoms with Crippen molar-refractivity contribution in [2.75, 3.05) is 0 Å². The van der Waals surface area contributed by atoms with E-state index in [1.54, 1.807) is 12.1 Å². The zero-order valence-corrected chi connectivity index (χ0v) is 19.7. The van der Waals surface area contributed by atoms with Crippen molar-refractivity contribution < 1.29 is 4.39 Å². The van der Waals surface area contributed by atoms with Gasteiger partial charge >= 0.3 is 0 Å². The van der Waals surface area contributed by atoms with Crippen LogP contribution in [0.25, 0.3) is 21.3 Å². The maximum Gasteiger partial charge on any atom is 0.260 e. The van der Waals surface area contributed by atoms with E-state index < -0.39 is 0 Å². The van der Waals surface area contributed by atoms with Crippen LogP contribution < -0.4 is 5.56 Å². The lowest BCUT2D eigenvalue weighted by atomic mass is 10.1. The number of nitrogens with zero attached hydrogens (tertiary/aromatic N) is 4. The molecule has 9 heteroatoms. The summed E-state index contributed by atoms with van der Waals surface area (Å²) < 4.78 is 15.5. The van der Waals surface area contributed by atoms with Gasteiger partial charge in [-0.25, -0.2) is 9.37 Å². The number of hydrogen-bond donors (Lipinski definition) is 1. The van der Waals surface area contributed by atoms with E-state index in [1.807, 2.05) is 23.6 Å². The summed E-state index contributed by atoms with van der Waals surface area (Å²) >= 11 is 2.94. The number of aromatic amines is 1. The first-order valence-corrected chi connectivity index (χ1v) is 12.9. The molecule has 0 saturated heterocycles. The van der Waals surface area contributed by atoms with Crippen LogP contribution in [0.2, 0.25) is 0 Å². The summed E-state index contributed by atoms with van der Waals surface area (Å²) in [6, 6.07) is 16.4.